The first-order valence-corrected chi connectivity index (χ1v) is 10.7. The summed E-state index contributed by atoms with van der Waals surface area (Å²) in [6.45, 7) is 9.71. The highest BCUT2D eigenvalue weighted by Crippen LogP contribution is 2.34. The summed E-state index contributed by atoms with van der Waals surface area (Å²) in [5.74, 6) is 0. The highest BCUT2D eigenvalue weighted by atomic mass is 32.1. The van der Waals surface area contributed by atoms with Crippen LogP contribution in [0.4, 0.5) is 4.79 Å². The third-order valence-electron chi connectivity index (χ3n) is 5.03. The molecule has 3 rings (SSSR count). The number of thiophene rings is 1. The van der Waals surface area contributed by atoms with Gasteiger partial charge in [-0.15, -0.1) is 11.3 Å². The fourth-order valence-electron chi connectivity index (χ4n) is 3.29. The Morgan fingerprint density at radius 2 is 2.00 bits per heavy atom. The summed E-state index contributed by atoms with van der Waals surface area (Å²) in [7, 11) is 0. The van der Waals surface area contributed by atoms with Gasteiger partial charge in [0.1, 0.15) is 4.83 Å². The molecule has 1 aliphatic rings. The molecule has 1 fully saturated rings. The fraction of sp³-hybridized carbons (Fsp3) is 0.600. The molecule has 0 aromatic carbocycles. The third-order valence-corrected chi connectivity index (χ3v) is 6.28. The molecule has 2 aromatic rings. The van der Waals surface area contributed by atoms with Crippen LogP contribution in [0.25, 0.3) is 10.2 Å². The Labute approximate surface area is 173 Å². The summed E-state index contributed by atoms with van der Waals surface area (Å²) in [5, 5.41) is 15.1. The van der Waals surface area contributed by atoms with Crippen LogP contribution in [0.15, 0.2) is 14.7 Å². The molecule has 2 aromatic heterocycles. The zero-order valence-electron chi connectivity index (χ0n) is 17.6. The summed E-state index contributed by atoms with van der Waals surface area (Å²) < 4.78 is 3.10. The van der Waals surface area contributed by atoms with E-state index < -0.39 is 11.6 Å². The van der Waals surface area contributed by atoms with Crippen molar-refractivity contribution in [3.8, 4) is 0 Å². The van der Waals surface area contributed by atoms with Crippen molar-refractivity contribution in [2.45, 2.75) is 78.4 Å². The van der Waals surface area contributed by atoms with Gasteiger partial charge in [-0.3, -0.25) is 13.9 Å². The van der Waals surface area contributed by atoms with Gasteiger partial charge in [-0.2, -0.15) is 10.1 Å². The van der Waals surface area contributed by atoms with E-state index in [1.165, 1.54) is 22.1 Å². The highest BCUT2D eigenvalue weighted by Gasteiger charge is 2.30. The van der Waals surface area contributed by atoms with E-state index in [4.69, 9.17) is 0 Å². The van der Waals surface area contributed by atoms with Crippen LogP contribution in [-0.2, 0) is 6.54 Å². The van der Waals surface area contributed by atoms with E-state index in [2.05, 4.69) is 12.0 Å². The molecular weight excluding hydrogens is 392 g/mol. The highest BCUT2D eigenvalue weighted by molar-refractivity contribution is 7.20. The SMILES string of the molecule is CCCCn1c(=O)n(C2CC2)c(=O)c2c(C)c(/C=N/N(C(=O)O)C(C)(C)C)sc21. The van der Waals surface area contributed by atoms with Gasteiger partial charge in [0.25, 0.3) is 5.56 Å². The lowest BCUT2D eigenvalue weighted by molar-refractivity contribution is 0.103. The van der Waals surface area contributed by atoms with Crippen LogP contribution in [-0.4, -0.2) is 37.1 Å². The minimum Gasteiger partial charge on any atom is -0.464 e. The first kappa shape index (κ1) is 21.3. The lowest BCUT2D eigenvalue weighted by Gasteiger charge is -2.27. The number of unbranched alkanes of at least 4 members (excludes halogenated alkanes) is 1. The summed E-state index contributed by atoms with van der Waals surface area (Å²) in [6.07, 6.45) is 3.82. The smallest absolute Gasteiger partial charge is 0.428 e. The Morgan fingerprint density at radius 1 is 1.34 bits per heavy atom. The summed E-state index contributed by atoms with van der Waals surface area (Å²) in [6, 6.07) is -0.00733. The summed E-state index contributed by atoms with van der Waals surface area (Å²) >= 11 is 1.32. The largest absolute Gasteiger partial charge is 0.464 e. The molecular formula is C20H28N4O4S. The van der Waals surface area contributed by atoms with Gasteiger partial charge in [-0.25, -0.2) is 9.59 Å². The lowest BCUT2D eigenvalue weighted by atomic mass is 10.1. The number of hydrazone groups is 1. The van der Waals surface area contributed by atoms with Crippen molar-refractivity contribution in [3.63, 3.8) is 0 Å². The molecule has 0 bridgehead atoms. The summed E-state index contributed by atoms with van der Waals surface area (Å²) in [4.78, 5) is 39.0. The van der Waals surface area contributed by atoms with E-state index in [9.17, 15) is 19.5 Å². The van der Waals surface area contributed by atoms with E-state index in [0.717, 1.165) is 36.3 Å². The van der Waals surface area contributed by atoms with Gasteiger partial charge in [0.15, 0.2) is 0 Å². The number of hydrogen-bond donors (Lipinski definition) is 1. The van der Waals surface area contributed by atoms with Crippen molar-refractivity contribution in [1.82, 2.24) is 14.1 Å². The monoisotopic (exact) mass is 420 g/mol. The lowest BCUT2D eigenvalue weighted by Crippen LogP contribution is -2.41. The number of rotatable bonds is 6. The average molecular weight is 421 g/mol. The Kier molecular flexibility index (Phi) is 5.71. The van der Waals surface area contributed by atoms with Gasteiger partial charge < -0.3 is 5.11 Å². The van der Waals surface area contributed by atoms with Gasteiger partial charge >= 0.3 is 11.8 Å². The zero-order chi connectivity index (χ0) is 21.5. The summed E-state index contributed by atoms with van der Waals surface area (Å²) in [5.41, 5.74) is -0.461. The minimum absolute atomic E-state index is 0.00733. The van der Waals surface area contributed by atoms with Gasteiger partial charge in [-0.1, -0.05) is 13.3 Å². The Bertz CT molecular complexity index is 1080. The number of nitrogens with zero attached hydrogens (tertiary/aromatic N) is 4. The van der Waals surface area contributed by atoms with Gasteiger partial charge in [-0.05, 0) is 52.5 Å². The normalized spacial score (nSPS) is 14.8. The number of aryl methyl sites for hydroxylation is 2. The number of amides is 1. The molecule has 2 heterocycles. The van der Waals surface area contributed by atoms with Crippen molar-refractivity contribution in [2.24, 2.45) is 5.10 Å². The third kappa shape index (κ3) is 4.01. The van der Waals surface area contributed by atoms with Crippen LogP contribution in [0.1, 0.15) is 69.9 Å². The molecule has 0 aliphatic heterocycles. The molecule has 0 atom stereocenters. The van der Waals surface area contributed by atoms with Crippen LogP contribution in [0.5, 0.6) is 0 Å². The van der Waals surface area contributed by atoms with Gasteiger partial charge in [0, 0.05) is 12.6 Å². The van der Waals surface area contributed by atoms with Crippen LogP contribution in [0, 0.1) is 6.92 Å². The van der Waals surface area contributed by atoms with Gasteiger partial charge in [0.2, 0.25) is 0 Å². The molecule has 1 amide bonds. The second-order valence-corrected chi connectivity index (χ2v) is 9.51. The van der Waals surface area contributed by atoms with Gasteiger partial charge in [0.05, 0.1) is 22.0 Å². The van der Waals surface area contributed by atoms with E-state index in [-0.39, 0.29) is 17.3 Å². The Morgan fingerprint density at radius 3 is 2.52 bits per heavy atom. The van der Waals surface area contributed by atoms with E-state index in [0.29, 0.717) is 21.6 Å². The Hall–Kier alpha value is -2.42. The maximum Gasteiger partial charge on any atom is 0.428 e. The number of hydrogen-bond acceptors (Lipinski definition) is 5. The standard InChI is InChI=1S/C20H28N4O4S/c1-6-7-10-22-17-15(16(25)23(18(22)26)13-8-9-13)12(2)14(29-17)11-21-24(19(27)28)20(3,4)5/h11,13H,6-10H2,1-5H3,(H,27,28)/b21-11+. The van der Waals surface area contributed by atoms with Crippen LogP contribution in [0.3, 0.4) is 0 Å². The van der Waals surface area contributed by atoms with E-state index in [1.54, 1.807) is 25.3 Å². The molecule has 1 N–H and O–H groups in total. The predicted molar refractivity (Wildman–Crippen MR) is 115 cm³/mol. The van der Waals surface area contributed by atoms with Crippen LogP contribution < -0.4 is 11.2 Å². The molecule has 1 saturated carbocycles. The number of aromatic nitrogens is 2. The number of carbonyl (C=O) groups is 1. The molecule has 0 unspecified atom stereocenters. The molecule has 158 valence electrons. The van der Waals surface area contributed by atoms with Crippen molar-refractivity contribution < 1.29 is 9.90 Å². The quantitative estimate of drug-likeness (QED) is 0.568. The van der Waals surface area contributed by atoms with Crippen molar-refractivity contribution in [3.05, 3.63) is 31.3 Å². The molecule has 0 saturated heterocycles. The van der Waals surface area contributed by atoms with E-state index >= 15 is 0 Å². The molecule has 29 heavy (non-hydrogen) atoms. The van der Waals surface area contributed by atoms with Crippen LogP contribution in [0.2, 0.25) is 0 Å². The van der Waals surface area contributed by atoms with Crippen LogP contribution >= 0.6 is 11.3 Å². The molecule has 1 aliphatic carbocycles. The van der Waals surface area contributed by atoms with Crippen molar-refractivity contribution >= 4 is 33.9 Å². The van der Waals surface area contributed by atoms with E-state index in [1.807, 2.05) is 6.92 Å². The zero-order valence-corrected chi connectivity index (χ0v) is 18.4. The maximum absolute atomic E-state index is 13.1. The second-order valence-electron chi connectivity index (χ2n) is 8.48. The second kappa shape index (κ2) is 7.78. The average Bonchev–Trinajstić information content (AvgIpc) is 3.38. The molecule has 0 spiro atoms. The fourth-order valence-corrected chi connectivity index (χ4v) is 4.48. The maximum atomic E-state index is 13.1. The minimum atomic E-state index is -1.15. The van der Waals surface area contributed by atoms with Crippen molar-refractivity contribution in [1.29, 1.82) is 0 Å². The Balaban J connectivity index is 2.19. The number of fused-ring (bicyclic) bond motifs is 1. The predicted octanol–water partition coefficient (Wildman–Crippen LogP) is 3.78. The molecule has 9 heteroatoms. The first-order valence-electron chi connectivity index (χ1n) is 9.93. The number of carboxylic acid groups (broad SMARTS) is 1. The molecule has 8 nitrogen and oxygen atoms in total. The van der Waals surface area contributed by atoms with Crippen molar-refractivity contribution in [2.75, 3.05) is 0 Å². The molecule has 0 radical (unpaired) electrons. The first-order chi connectivity index (χ1) is 13.6. The topological polar surface area (TPSA) is 96.9 Å².